The van der Waals surface area contributed by atoms with E-state index in [1.54, 1.807) is 11.3 Å². The second kappa shape index (κ2) is 8.24. The standard InChI is InChI=1S/C13H20BrN3S2.HI/c1-13(2)9-17(6-7-18-13)12(15-3)16-8-10-4-5-11(14)19-10;/h4-5H,6-9H2,1-3H3,(H,15,16);1H. The van der Waals surface area contributed by atoms with E-state index in [4.69, 9.17) is 0 Å². The number of nitrogens with zero attached hydrogens (tertiary/aromatic N) is 2. The summed E-state index contributed by atoms with van der Waals surface area (Å²) in [7, 11) is 1.86. The Kier molecular flexibility index (Phi) is 7.65. The molecule has 1 N–H and O–H groups in total. The van der Waals surface area contributed by atoms with Crippen molar-refractivity contribution in [3.8, 4) is 0 Å². The van der Waals surface area contributed by atoms with Gasteiger partial charge in [-0.15, -0.1) is 35.3 Å². The maximum absolute atomic E-state index is 4.41. The Morgan fingerprint density at radius 1 is 1.50 bits per heavy atom. The lowest BCUT2D eigenvalue weighted by molar-refractivity contribution is 0.376. The van der Waals surface area contributed by atoms with E-state index in [2.05, 4.69) is 57.1 Å². The summed E-state index contributed by atoms with van der Waals surface area (Å²) in [5.41, 5.74) is 0. The summed E-state index contributed by atoms with van der Waals surface area (Å²) in [6.07, 6.45) is 0. The lowest BCUT2D eigenvalue weighted by Crippen LogP contribution is -2.50. The van der Waals surface area contributed by atoms with Crippen LogP contribution in [0.2, 0.25) is 0 Å². The number of guanidine groups is 1. The molecule has 0 unspecified atom stereocenters. The number of nitrogens with one attached hydrogen (secondary N) is 1. The minimum absolute atomic E-state index is 0. The average molecular weight is 490 g/mol. The van der Waals surface area contributed by atoms with E-state index < -0.39 is 0 Å². The van der Waals surface area contributed by atoms with E-state index in [1.165, 1.54) is 8.66 Å². The predicted molar refractivity (Wildman–Crippen MR) is 106 cm³/mol. The third-order valence-electron chi connectivity index (χ3n) is 2.99. The van der Waals surface area contributed by atoms with Gasteiger partial charge in [-0.1, -0.05) is 0 Å². The Hall–Kier alpha value is 0.530. The van der Waals surface area contributed by atoms with Gasteiger partial charge in [0.1, 0.15) is 0 Å². The van der Waals surface area contributed by atoms with Crippen LogP contribution in [0.3, 0.4) is 0 Å². The highest BCUT2D eigenvalue weighted by Gasteiger charge is 2.28. The lowest BCUT2D eigenvalue weighted by Gasteiger charge is -2.39. The van der Waals surface area contributed by atoms with Crippen molar-refractivity contribution in [3.05, 3.63) is 20.8 Å². The van der Waals surface area contributed by atoms with Crippen molar-refractivity contribution in [1.29, 1.82) is 0 Å². The van der Waals surface area contributed by atoms with Crippen molar-refractivity contribution in [2.24, 2.45) is 4.99 Å². The van der Waals surface area contributed by atoms with E-state index >= 15 is 0 Å². The first-order valence-electron chi connectivity index (χ1n) is 6.34. The Balaban J connectivity index is 0.00000200. The fraction of sp³-hybridized carbons (Fsp3) is 0.615. The quantitative estimate of drug-likeness (QED) is 0.386. The molecule has 0 saturated carbocycles. The van der Waals surface area contributed by atoms with Crippen LogP contribution in [0, 0.1) is 0 Å². The van der Waals surface area contributed by atoms with Gasteiger partial charge >= 0.3 is 0 Å². The molecule has 20 heavy (non-hydrogen) atoms. The Labute approximate surface area is 155 Å². The number of hydrogen-bond donors (Lipinski definition) is 1. The first kappa shape index (κ1) is 18.6. The first-order chi connectivity index (χ1) is 9.00. The zero-order valence-corrected chi connectivity index (χ0v) is 17.5. The smallest absolute Gasteiger partial charge is 0.194 e. The maximum Gasteiger partial charge on any atom is 0.194 e. The van der Waals surface area contributed by atoms with E-state index in [-0.39, 0.29) is 24.0 Å². The molecule has 2 heterocycles. The van der Waals surface area contributed by atoms with Crippen molar-refractivity contribution in [2.75, 3.05) is 25.9 Å². The van der Waals surface area contributed by atoms with E-state index in [1.807, 2.05) is 18.8 Å². The van der Waals surface area contributed by atoms with Crippen LogP contribution in [0.1, 0.15) is 18.7 Å². The van der Waals surface area contributed by atoms with Crippen LogP contribution in [-0.2, 0) is 6.54 Å². The van der Waals surface area contributed by atoms with Gasteiger partial charge in [0.15, 0.2) is 5.96 Å². The zero-order chi connectivity index (χ0) is 13.9. The molecule has 1 fully saturated rings. The lowest BCUT2D eigenvalue weighted by atomic mass is 10.2. The molecule has 1 saturated heterocycles. The molecule has 0 bridgehead atoms. The van der Waals surface area contributed by atoms with Crippen LogP contribution >= 0.6 is 63.0 Å². The van der Waals surface area contributed by atoms with Crippen LogP contribution in [0.4, 0.5) is 0 Å². The van der Waals surface area contributed by atoms with Crippen LogP contribution in [0.15, 0.2) is 20.9 Å². The molecule has 2 rings (SSSR count). The summed E-state index contributed by atoms with van der Waals surface area (Å²) in [5.74, 6) is 2.18. The highest BCUT2D eigenvalue weighted by molar-refractivity contribution is 14.0. The Morgan fingerprint density at radius 2 is 2.25 bits per heavy atom. The molecule has 1 aromatic rings. The molecule has 0 aliphatic carbocycles. The largest absolute Gasteiger partial charge is 0.351 e. The minimum Gasteiger partial charge on any atom is -0.351 e. The second-order valence-electron chi connectivity index (χ2n) is 5.14. The Morgan fingerprint density at radius 3 is 2.80 bits per heavy atom. The van der Waals surface area contributed by atoms with Crippen molar-refractivity contribution in [2.45, 2.75) is 25.1 Å². The molecule has 0 amide bonds. The van der Waals surface area contributed by atoms with E-state index in [9.17, 15) is 0 Å². The van der Waals surface area contributed by atoms with Crippen LogP contribution in [0.25, 0.3) is 0 Å². The van der Waals surface area contributed by atoms with Gasteiger partial charge in [0.2, 0.25) is 0 Å². The topological polar surface area (TPSA) is 27.6 Å². The number of rotatable bonds is 2. The fourth-order valence-corrected chi connectivity index (χ4v) is 4.68. The summed E-state index contributed by atoms with van der Waals surface area (Å²) >= 11 is 7.30. The summed E-state index contributed by atoms with van der Waals surface area (Å²) in [6, 6.07) is 4.23. The number of hydrogen-bond acceptors (Lipinski definition) is 3. The van der Waals surface area contributed by atoms with Gasteiger partial charge in [0.25, 0.3) is 0 Å². The van der Waals surface area contributed by atoms with Gasteiger partial charge in [-0.2, -0.15) is 11.8 Å². The molecule has 1 aliphatic rings. The predicted octanol–water partition coefficient (Wildman–Crippen LogP) is 4.03. The fourth-order valence-electron chi connectivity index (χ4n) is 2.14. The van der Waals surface area contributed by atoms with Gasteiger partial charge in [0.05, 0.1) is 10.3 Å². The highest BCUT2D eigenvalue weighted by Crippen LogP contribution is 2.29. The zero-order valence-electron chi connectivity index (χ0n) is 12.0. The molecule has 0 aromatic carbocycles. The monoisotopic (exact) mass is 489 g/mol. The SMILES string of the molecule is CN=C(NCc1ccc(Br)s1)N1CCSC(C)(C)C1.I. The normalized spacial score (nSPS) is 18.6. The minimum atomic E-state index is 0. The van der Waals surface area contributed by atoms with Gasteiger partial charge < -0.3 is 10.2 Å². The van der Waals surface area contributed by atoms with Gasteiger partial charge in [0, 0.05) is 35.5 Å². The summed E-state index contributed by atoms with van der Waals surface area (Å²) < 4.78 is 1.48. The third kappa shape index (κ3) is 5.38. The van der Waals surface area contributed by atoms with E-state index in [0.29, 0.717) is 4.75 Å². The van der Waals surface area contributed by atoms with Gasteiger partial charge in [-0.05, 0) is 41.9 Å². The molecule has 0 radical (unpaired) electrons. The third-order valence-corrected chi connectivity index (χ3v) is 5.91. The van der Waals surface area contributed by atoms with E-state index in [0.717, 1.165) is 31.3 Å². The molecule has 0 atom stereocenters. The first-order valence-corrected chi connectivity index (χ1v) is 8.93. The van der Waals surface area contributed by atoms with Crippen molar-refractivity contribution in [3.63, 3.8) is 0 Å². The molecule has 1 aromatic heterocycles. The summed E-state index contributed by atoms with van der Waals surface area (Å²) in [5, 5.41) is 3.46. The highest BCUT2D eigenvalue weighted by atomic mass is 127. The van der Waals surface area contributed by atoms with Gasteiger partial charge in [-0.25, -0.2) is 0 Å². The average Bonchev–Trinajstić information content (AvgIpc) is 2.75. The molecule has 114 valence electrons. The second-order valence-corrected chi connectivity index (χ2v) is 9.49. The molecule has 3 nitrogen and oxygen atoms in total. The summed E-state index contributed by atoms with van der Waals surface area (Å²) in [4.78, 5) is 8.09. The van der Waals surface area contributed by atoms with Crippen molar-refractivity contribution < 1.29 is 0 Å². The van der Waals surface area contributed by atoms with Gasteiger partial charge in [-0.3, -0.25) is 4.99 Å². The Bertz CT molecular complexity index is 462. The molecular formula is C13H21BrIN3S2. The van der Waals surface area contributed by atoms with Crippen LogP contribution < -0.4 is 5.32 Å². The molecule has 7 heteroatoms. The van der Waals surface area contributed by atoms with Crippen LogP contribution in [0.5, 0.6) is 0 Å². The molecule has 0 spiro atoms. The van der Waals surface area contributed by atoms with Crippen LogP contribution in [-0.4, -0.2) is 41.5 Å². The number of aliphatic imine (C=N–C) groups is 1. The number of halogens is 2. The van der Waals surface area contributed by atoms with Crippen molar-refractivity contribution in [1.82, 2.24) is 10.2 Å². The molecule has 1 aliphatic heterocycles. The number of thioether (sulfide) groups is 1. The maximum atomic E-state index is 4.41. The summed E-state index contributed by atoms with van der Waals surface area (Å²) in [6.45, 7) is 7.56. The van der Waals surface area contributed by atoms with Crippen molar-refractivity contribution >= 4 is 69.0 Å². The number of thiophene rings is 1. The molecular weight excluding hydrogens is 469 g/mol.